The van der Waals surface area contributed by atoms with Crippen molar-refractivity contribution in [3.63, 3.8) is 0 Å². The summed E-state index contributed by atoms with van der Waals surface area (Å²) in [6, 6.07) is 3.12. The first-order chi connectivity index (χ1) is 13.9. The van der Waals surface area contributed by atoms with Gasteiger partial charge in [0, 0.05) is 19.3 Å². The molecule has 1 aliphatic rings. The lowest BCUT2D eigenvalue weighted by Gasteiger charge is -2.20. The minimum atomic E-state index is -0.966. The van der Waals surface area contributed by atoms with Gasteiger partial charge in [-0.1, -0.05) is 37.8 Å². The van der Waals surface area contributed by atoms with Crippen molar-refractivity contribution in [1.29, 1.82) is 0 Å². The molecule has 1 aliphatic heterocycles. The fourth-order valence-electron chi connectivity index (χ4n) is 2.89. The van der Waals surface area contributed by atoms with Crippen molar-refractivity contribution in [2.45, 2.75) is 58.1 Å². The van der Waals surface area contributed by atoms with Gasteiger partial charge in [0.15, 0.2) is 0 Å². The summed E-state index contributed by atoms with van der Waals surface area (Å²) in [5.74, 6) is 11.2. The normalized spacial score (nSPS) is 18.1. The van der Waals surface area contributed by atoms with Crippen LogP contribution in [0.1, 0.15) is 60.5 Å². The van der Waals surface area contributed by atoms with Gasteiger partial charge in [-0.15, -0.1) is 23.2 Å². The number of aliphatic hydroxyl groups is 1. The van der Waals surface area contributed by atoms with Crippen molar-refractivity contribution >= 4 is 23.2 Å². The molecule has 0 aromatic carbocycles. The number of amides is 1. The molecule has 0 radical (unpaired) electrons. The van der Waals surface area contributed by atoms with E-state index in [2.05, 4.69) is 30.6 Å². The maximum Gasteiger partial charge on any atom is 0.345 e. The topological polar surface area (TPSA) is 77.8 Å². The van der Waals surface area contributed by atoms with Gasteiger partial charge in [0.25, 0.3) is 0 Å². The van der Waals surface area contributed by atoms with Crippen LogP contribution in [0.3, 0.4) is 0 Å². The highest BCUT2D eigenvalue weighted by Gasteiger charge is 2.28. The number of thiophene rings is 1. The van der Waals surface area contributed by atoms with Crippen molar-refractivity contribution in [2.24, 2.45) is 5.92 Å². The lowest BCUT2D eigenvalue weighted by Crippen LogP contribution is -2.32. The first-order valence-electron chi connectivity index (χ1n) is 9.86. The van der Waals surface area contributed by atoms with E-state index in [0.717, 1.165) is 24.2 Å². The maximum atomic E-state index is 12.2. The highest BCUT2D eigenvalue weighted by molar-refractivity contribution is 7.14. The molecule has 1 amide bonds. The van der Waals surface area contributed by atoms with Gasteiger partial charge in [-0.2, -0.15) is 0 Å². The number of unbranched alkanes of at least 4 members (excludes halogenated alkanes) is 1. The number of aromatic carboxylic acids is 1. The predicted octanol–water partition coefficient (Wildman–Crippen LogP) is 3.54. The molecule has 0 saturated carbocycles. The Morgan fingerprint density at radius 3 is 2.86 bits per heavy atom. The second-order valence-corrected chi connectivity index (χ2v) is 8.14. The van der Waals surface area contributed by atoms with Crippen LogP contribution in [0.5, 0.6) is 0 Å². The monoisotopic (exact) mass is 413 g/mol. The van der Waals surface area contributed by atoms with Gasteiger partial charge in [-0.25, -0.2) is 4.79 Å². The van der Waals surface area contributed by atoms with E-state index in [4.69, 9.17) is 5.11 Å². The number of carboxylic acid groups (broad SMARTS) is 1. The van der Waals surface area contributed by atoms with E-state index in [1.807, 2.05) is 13.0 Å². The zero-order chi connectivity index (χ0) is 21.2. The molecule has 29 heavy (non-hydrogen) atoms. The Morgan fingerprint density at radius 2 is 2.17 bits per heavy atom. The molecule has 3 atom stereocenters. The van der Waals surface area contributed by atoms with Crippen LogP contribution in [0.4, 0.5) is 0 Å². The summed E-state index contributed by atoms with van der Waals surface area (Å²) in [5, 5.41) is 19.3. The number of hydrogen-bond donors (Lipinski definition) is 2. The maximum absolute atomic E-state index is 12.2. The molecule has 6 heteroatoms. The average Bonchev–Trinajstić information content (AvgIpc) is 3.31. The summed E-state index contributed by atoms with van der Waals surface area (Å²) in [6.45, 7) is 4.33. The quantitative estimate of drug-likeness (QED) is 0.529. The van der Waals surface area contributed by atoms with Crippen LogP contribution < -0.4 is 0 Å². The van der Waals surface area contributed by atoms with Crippen LogP contribution in [0, 0.1) is 29.6 Å². The average molecular weight is 414 g/mol. The van der Waals surface area contributed by atoms with Crippen molar-refractivity contribution in [3.05, 3.63) is 34.0 Å². The predicted molar refractivity (Wildman–Crippen MR) is 115 cm³/mol. The zero-order valence-electron chi connectivity index (χ0n) is 16.9. The SMILES string of the molecule is CCCC#CC[C@H](C)[C@H](O)C=CC1CCC(=O)N1CC#Cc1ccc(C(=O)O)s1. The van der Waals surface area contributed by atoms with Crippen LogP contribution in [-0.2, 0) is 4.79 Å². The van der Waals surface area contributed by atoms with E-state index in [1.165, 1.54) is 6.07 Å². The van der Waals surface area contributed by atoms with Crippen LogP contribution in [-0.4, -0.2) is 45.7 Å². The van der Waals surface area contributed by atoms with E-state index >= 15 is 0 Å². The van der Waals surface area contributed by atoms with Gasteiger partial charge < -0.3 is 15.1 Å². The molecule has 0 spiro atoms. The van der Waals surface area contributed by atoms with Gasteiger partial charge in [0.05, 0.1) is 23.6 Å². The van der Waals surface area contributed by atoms with Gasteiger partial charge >= 0.3 is 5.97 Å². The van der Waals surface area contributed by atoms with Crippen molar-refractivity contribution in [1.82, 2.24) is 4.90 Å². The fourth-order valence-corrected chi connectivity index (χ4v) is 3.61. The molecular weight excluding hydrogens is 386 g/mol. The van der Waals surface area contributed by atoms with E-state index < -0.39 is 12.1 Å². The minimum Gasteiger partial charge on any atom is -0.477 e. The summed E-state index contributed by atoms with van der Waals surface area (Å²) < 4.78 is 0. The molecule has 1 saturated heterocycles. The third-order valence-corrected chi connectivity index (χ3v) is 5.68. The van der Waals surface area contributed by atoms with Crippen LogP contribution in [0.2, 0.25) is 0 Å². The Morgan fingerprint density at radius 1 is 1.38 bits per heavy atom. The first kappa shape index (κ1) is 22.7. The Bertz CT molecular complexity index is 865. The Balaban J connectivity index is 1.92. The number of aliphatic hydroxyl groups excluding tert-OH is 1. The standard InChI is InChI=1S/C23H27NO4S/c1-3-4-5-6-8-17(2)20(25)13-10-18-11-15-22(26)24(18)16-7-9-19-12-14-21(29-19)23(27)28/h10,12-14,17-18,20,25H,3-4,8,11,15-16H2,1-2H3,(H,27,28)/t17-,18?,20+/m0/s1. The van der Waals surface area contributed by atoms with Crippen LogP contribution >= 0.6 is 11.3 Å². The largest absolute Gasteiger partial charge is 0.477 e. The van der Waals surface area contributed by atoms with Gasteiger partial charge in [-0.3, -0.25) is 4.79 Å². The zero-order valence-corrected chi connectivity index (χ0v) is 17.7. The molecule has 154 valence electrons. The summed E-state index contributed by atoms with van der Waals surface area (Å²) in [7, 11) is 0. The molecule has 2 heterocycles. The second-order valence-electron chi connectivity index (χ2n) is 7.06. The lowest BCUT2D eigenvalue weighted by molar-refractivity contribution is -0.127. The molecule has 1 fully saturated rings. The van der Waals surface area contributed by atoms with Crippen molar-refractivity contribution in [3.8, 4) is 23.7 Å². The number of carbonyl (C=O) groups excluding carboxylic acids is 1. The number of nitrogens with zero attached hydrogens (tertiary/aromatic N) is 1. The molecule has 0 bridgehead atoms. The van der Waals surface area contributed by atoms with Crippen LogP contribution in [0.25, 0.3) is 0 Å². The smallest absolute Gasteiger partial charge is 0.345 e. The number of hydrogen-bond acceptors (Lipinski definition) is 4. The number of rotatable bonds is 7. The van der Waals surface area contributed by atoms with E-state index in [0.29, 0.717) is 24.1 Å². The number of carboxylic acids is 1. The Labute approximate surface area is 176 Å². The molecule has 2 N–H and O–H groups in total. The Hall–Kier alpha value is -2.54. The van der Waals surface area contributed by atoms with Crippen LogP contribution in [0.15, 0.2) is 24.3 Å². The molecular formula is C23H27NO4S. The first-order valence-corrected chi connectivity index (χ1v) is 10.7. The van der Waals surface area contributed by atoms with E-state index in [-0.39, 0.29) is 29.3 Å². The van der Waals surface area contributed by atoms with Gasteiger partial charge in [0.2, 0.25) is 5.91 Å². The van der Waals surface area contributed by atoms with Crippen molar-refractivity contribution < 1.29 is 19.8 Å². The van der Waals surface area contributed by atoms with E-state index in [9.17, 15) is 14.7 Å². The summed E-state index contributed by atoms with van der Waals surface area (Å²) >= 11 is 1.12. The highest BCUT2D eigenvalue weighted by atomic mass is 32.1. The highest BCUT2D eigenvalue weighted by Crippen LogP contribution is 2.21. The van der Waals surface area contributed by atoms with Crippen molar-refractivity contribution in [2.75, 3.05) is 6.54 Å². The van der Waals surface area contributed by atoms with Gasteiger partial charge in [0.1, 0.15) is 4.88 Å². The molecule has 1 unspecified atom stereocenters. The summed E-state index contributed by atoms with van der Waals surface area (Å²) in [5.41, 5.74) is 0. The Kier molecular flexibility index (Phi) is 8.99. The third kappa shape index (κ3) is 7.09. The number of likely N-dealkylation sites (tertiary alicyclic amines) is 1. The number of carbonyl (C=O) groups is 2. The molecule has 5 nitrogen and oxygen atoms in total. The molecule has 1 aromatic rings. The lowest BCUT2D eigenvalue weighted by atomic mass is 10.00. The summed E-state index contributed by atoms with van der Waals surface area (Å²) in [6.07, 6.45) is 6.77. The molecule has 0 aliphatic carbocycles. The second kappa shape index (κ2) is 11.5. The molecule has 1 aromatic heterocycles. The van der Waals surface area contributed by atoms with E-state index in [1.54, 1.807) is 17.0 Å². The fraction of sp³-hybridized carbons (Fsp3) is 0.478. The minimum absolute atomic E-state index is 0.0308. The van der Waals surface area contributed by atoms with Gasteiger partial charge in [-0.05, 0) is 30.9 Å². The third-order valence-electron chi connectivity index (χ3n) is 4.69. The summed E-state index contributed by atoms with van der Waals surface area (Å²) in [4.78, 5) is 25.7. The molecule has 2 rings (SSSR count).